The molecular formula is C23H22FNO5S2. The Morgan fingerprint density at radius 3 is 2.25 bits per heavy atom. The van der Waals surface area contributed by atoms with Crippen LogP contribution >= 0.6 is 11.9 Å². The molecule has 0 spiro atoms. The van der Waals surface area contributed by atoms with E-state index in [0.717, 1.165) is 11.9 Å². The quantitative estimate of drug-likeness (QED) is 0.424. The largest absolute Gasteiger partial charge is 0.478 e. The second-order valence-electron chi connectivity index (χ2n) is 6.98. The first-order valence-electron chi connectivity index (χ1n) is 9.70. The van der Waals surface area contributed by atoms with Crippen LogP contribution in [0.1, 0.15) is 28.4 Å². The topological polar surface area (TPSA) is 83.9 Å². The van der Waals surface area contributed by atoms with Crippen LogP contribution in [0, 0.1) is 19.7 Å². The van der Waals surface area contributed by atoms with Gasteiger partial charge in [-0.15, -0.1) is 3.71 Å². The van der Waals surface area contributed by atoms with Crippen molar-refractivity contribution < 1.29 is 27.4 Å². The van der Waals surface area contributed by atoms with Crippen LogP contribution < -0.4 is 4.74 Å². The smallest absolute Gasteiger partial charge is 0.335 e. The van der Waals surface area contributed by atoms with E-state index in [2.05, 4.69) is 0 Å². The molecule has 3 aromatic carbocycles. The number of hydrogen-bond acceptors (Lipinski definition) is 5. The van der Waals surface area contributed by atoms with E-state index >= 15 is 0 Å². The van der Waals surface area contributed by atoms with E-state index in [1.54, 1.807) is 51.1 Å². The summed E-state index contributed by atoms with van der Waals surface area (Å²) in [5, 5.41) is 9.30. The van der Waals surface area contributed by atoms with Crippen molar-refractivity contribution in [3.63, 3.8) is 0 Å². The highest BCUT2D eigenvalue weighted by Gasteiger charge is 2.26. The van der Waals surface area contributed by atoms with E-state index < -0.39 is 16.0 Å². The maximum Gasteiger partial charge on any atom is 0.335 e. The van der Waals surface area contributed by atoms with Gasteiger partial charge < -0.3 is 9.84 Å². The summed E-state index contributed by atoms with van der Waals surface area (Å²) in [4.78, 5) is 12.0. The van der Waals surface area contributed by atoms with Crippen LogP contribution in [-0.4, -0.2) is 29.7 Å². The number of benzene rings is 3. The van der Waals surface area contributed by atoms with Gasteiger partial charge >= 0.3 is 5.97 Å². The monoisotopic (exact) mass is 475 g/mol. The minimum Gasteiger partial charge on any atom is -0.478 e. The first-order chi connectivity index (χ1) is 15.1. The number of carboxylic acid groups (broad SMARTS) is 1. The molecule has 0 aliphatic carbocycles. The highest BCUT2D eigenvalue weighted by molar-refractivity contribution is 8.08. The Bertz CT molecular complexity index is 1240. The molecule has 0 unspecified atom stereocenters. The van der Waals surface area contributed by atoms with Crippen molar-refractivity contribution in [2.45, 2.75) is 30.6 Å². The Kier molecular flexibility index (Phi) is 7.22. The Balaban J connectivity index is 1.78. The number of aromatic carboxylic acids is 1. The molecule has 0 heterocycles. The number of aryl methyl sites for hydroxylation is 2. The second-order valence-corrected chi connectivity index (χ2v) is 10.2. The summed E-state index contributed by atoms with van der Waals surface area (Å²) in [5.74, 6) is -0.470. The lowest BCUT2D eigenvalue weighted by molar-refractivity contribution is 0.0696. The van der Waals surface area contributed by atoms with E-state index in [-0.39, 0.29) is 22.8 Å². The third-order valence-electron chi connectivity index (χ3n) is 4.66. The Morgan fingerprint density at radius 1 is 1.00 bits per heavy atom. The van der Waals surface area contributed by atoms with Crippen molar-refractivity contribution >= 4 is 27.9 Å². The Labute approximate surface area is 190 Å². The van der Waals surface area contributed by atoms with Crippen molar-refractivity contribution in [3.8, 4) is 11.5 Å². The average Bonchev–Trinajstić information content (AvgIpc) is 2.75. The third-order valence-corrected chi connectivity index (χ3v) is 8.06. The summed E-state index contributed by atoms with van der Waals surface area (Å²) >= 11 is 1.02. The summed E-state index contributed by atoms with van der Waals surface area (Å²) in [6.45, 7) is 5.14. The lowest BCUT2D eigenvalue weighted by Crippen LogP contribution is -2.24. The zero-order valence-corrected chi connectivity index (χ0v) is 19.3. The molecule has 0 fully saturated rings. The van der Waals surface area contributed by atoms with Gasteiger partial charge in [0.25, 0.3) is 10.0 Å². The highest BCUT2D eigenvalue weighted by atomic mass is 32.3. The minimum absolute atomic E-state index is 0.0512. The van der Waals surface area contributed by atoms with Gasteiger partial charge in [0.15, 0.2) is 0 Å². The number of carbonyl (C=O) groups is 1. The number of halogens is 1. The van der Waals surface area contributed by atoms with Gasteiger partial charge in [-0.05, 0) is 91.5 Å². The van der Waals surface area contributed by atoms with Crippen LogP contribution in [0.15, 0.2) is 70.5 Å². The predicted molar refractivity (Wildman–Crippen MR) is 121 cm³/mol. The number of ether oxygens (including phenoxy) is 1. The van der Waals surface area contributed by atoms with Crippen LogP contribution in [0.2, 0.25) is 0 Å². The van der Waals surface area contributed by atoms with E-state index in [4.69, 9.17) is 4.74 Å². The molecule has 0 saturated carbocycles. The highest BCUT2D eigenvalue weighted by Crippen LogP contribution is 2.32. The van der Waals surface area contributed by atoms with Gasteiger partial charge in [-0.25, -0.2) is 17.6 Å². The fraction of sp³-hybridized carbons (Fsp3) is 0.174. The molecule has 32 heavy (non-hydrogen) atoms. The molecule has 0 saturated heterocycles. The second kappa shape index (κ2) is 9.72. The van der Waals surface area contributed by atoms with E-state index in [9.17, 15) is 22.7 Å². The first-order valence-corrected chi connectivity index (χ1v) is 11.9. The van der Waals surface area contributed by atoms with Gasteiger partial charge in [-0.1, -0.05) is 13.0 Å². The van der Waals surface area contributed by atoms with Gasteiger partial charge in [0, 0.05) is 11.4 Å². The number of rotatable bonds is 8. The predicted octanol–water partition coefficient (Wildman–Crippen LogP) is 5.65. The van der Waals surface area contributed by atoms with E-state index in [1.165, 1.54) is 34.0 Å². The fourth-order valence-corrected chi connectivity index (χ4v) is 5.51. The van der Waals surface area contributed by atoms with Crippen LogP contribution in [0.5, 0.6) is 11.5 Å². The number of carboxylic acids is 1. The molecule has 6 nitrogen and oxygen atoms in total. The van der Waals surface area contributed by atoms with Crippen molar-refractivity contribution in [1.82, 2.24) is 3.71 Å². The van der Waals surface area contributed by atoms with Gasteiger partial charge in [-0.3, -0.25) is 0 Å². The number of hydrogen-bond donors (Lipinski definition) is 1. The molecule has 168 valence electrons. The molecule has 0 aliphatic heterocycles. The standard InChI is InChI=1S/C23H22FNO5S2/c1-4-25(32(28,29)20-11-5-15(2)21(14-20)23(26)27)31-19-9-6-17(7-10-19)30-18-8-12-22(24)16(3)13-18/h5-14H,4H2,1-3H3,(H,26,27). The third kappa shape index (κ3) is 5.29. The van der Waals surface area contributed by atoms with Crippen LogP contribution in [0.25, 0.3) is 0 Å². The molecule has 3 aromatic rings. The molecule has 0 radical (unpaired) electrons. The molecule has 0 aliphatic rings. The molecule has 0 atom stereocenters. The summed E-state index contributed by atoms with van der Waals surface area (Å²) in [6, 6.07) is 15.3. The molecule has 3 rings (SSSR count). The number of nitrogens with zero attached hydrogens (tertiary/aromatic N) is 1. The zero-order valence-electron chi connectivity index (χ0n) is 17.7. The van der Waals surface area contributed by atoms with E-state index in [0.29, 0.717) is 27.5 Å². The summed E-state index contributed by atoms with van der Waals surface area (Å²) in [7, 11) is -3.92. The molecule has 1 N–H and O–H groups in total. The van der Waals surface area contributed by atoms with Gasteiger partial charge in [0.2, 0.25) is 0 Å². The molecule has 0 aromatic heterocycles. The van der Waals surface area contributed by atoms with Crippen molar-refractivity contribution in [2.24, 2.45) is 0 Å². The molecule has 0 amide bonds. The zero-order chi connectivity index (χ0) is 23.5. The first kappa shape index (κ1) is 23.8. The summed E-state index contributed by atoms with van der Waals surface area (Å²) in [6.07, 6.45) is 0. The van der Waals surface area contributed by atoms with E-state index in [1.807, 2.05) is 0 Å². The molecule has 9 heteroatoms. The van der Waals surface area contributed by atoms with Gasteiger partial charge in [0.1, 0.15) is 17.3 Å². The lowest BCUT2D eigenvalue weighted by Gasteiger charge is -2.20. The van der Waals surface area contributed by atoms with Crippen molar-refractivity contribution in [2.75, 3.05) is 6.54 Å². The lowest BCUT2D eigenvalue weighted by atomic mass is 10.1. The maximum absolute atomic E-state index is 13.4. The Hall–Kier alpha value is -2.88. The maximum atomic E-state index is 13.4. The molecular weight excluding hydrogens is 453 g/mol. The van der Waals surface area contributed by atoms with Gasteiger partial charge in [-0.2, -0.15) is 0 Å². The fourth-order valence-electron chi connectivity index (χ4n) is 2.90. The van der Waals surface area contributed by atoms with Crippen LogP contribution in [0.4, 0.5) is 4.39 Å². The van der Waals surface area contributed by atoms with Crippen molar-refractivity contribution in [1.29, 1.82) is 0 Å². The molecule has 0 bridgehead atoms. The van der Waals surface area contributed by atoms with Crippen LogP contribution in [-0.2, 0) is 10.0 Å². The van der Waals surface area contributed by atoms with Gasteiger partial charge in [0.05, 0.1) is 10.5 Å². The number of sulfonamides is 1. The summed E-state index contributed by atoms with van der Waals surface area (Å²) in [5.41, 5.74) is 0.907. The minimum atomic E-state index is -3.92. The van der Waals surface area contributed by atoms with Crippen LogP contribution in [0.3, 0.4) is 0 Å². The summed E-state index contributed by atoms with van der Waals surface area (Å²) < 4.78 is 46.5. The average molecular weight is 476 g/mol. The normalized spacial score (nSPS) is 11.5. The van der Waals surface area contributed by atoms with Crippen molar-refractivity contribution in [3.05, 3.63) is 83.2 Å². The Morgan fingerprint density at radius 2 is 1.66 bits per heavy atom. The SMILES string of the molecule is CCN(Sc1ccc(Oc2ccc(F)c(C)c2)cc1)S(=O)(=O)c1ccc(C)c(C(=O)O)c1.